The topological polar surface area (TPSA) is 36.9 Å². The molecule has 6 heteroatoms. The number of nitrogens with one attached hydrogen (secondary N) is 1. The minimum atomic E-state index is -0.241. The Kier molecular flexibility index (Phi) is 7.88. The molecule has 1 N–H and O–H groups in total. The number of halogens is 1. The fourth-order valence-corrected chi connectivity index (χ4v) is 3.17. The summed E-state index contributed by atoms with van der Waals surface area (Å²) in [7, 11) is 3.60. The van der Waals surface area contributed by atoms with E-state index in [1.807, 2.05) is 13.1 Å². The minimum absolute atomic E-state index is 0.241. The van der Waals surface area contributed by atoms with Crippen LogP contribution in [0.2, 0.25) is 0 Å². The summed E-state index contributed by atoms with van der Waals surface area (Å²) in [5.74, 6) is 0.617. The van der Waals surface area contributed by atoms with Crippen LogP contribution in [0.15, 0.2) is 40.7 Å². The van der Waals surface area contributed by atoms with Crippen LogP contribution in [0.4, 0.5) is 4.39 Å². The summed E-state index contributed by atoms with van der Waals surface area (Å²) < 4.78 is 18.7. The molecule has 0 aliphatic rings. The Bertz CT molecular complexity index is 673. The van der Waals surface area contributed by atoms with Gasteiger partial charge in [-0.15, -0.1) is 11.3 Å². The summed E-state index contributed by atoms with van der Waals surface area (Å²) in [5, 5.41) is 5.41. The predicted octanol–water partition coefficient (Wildman–Crippen LogP) is 3.67. The van der Waals surface area contributed by atoms with Crippen molar-refractivity contribution >= 4 is 17.3 Å². The first kappa shape index (κ1) is 19.4. The highest BCUT2D eigenvalue weighted by atomic mass is 32.1. The van der Waals surface area contributed by atoms with Gasteiger partial charge in [-0.25, -0.2) is 9.38 Å². The summed E-state index contributed by atoms with van der Waals surface area (Å²) >= 11 is 1.77. The largest absolute Gasteiger partial charge is 0.380 e. The molecule has 0 aliphatic carbocycles. The molecule has 0 bridgehead atoms. The molecule has 1 aromatic carbocycles. The van der Waals surface area contributed by atoms with Crippen LogP contribution in [0.5, 0.6) is 0 Å². The molecule has 0 atom stereocenters. The summed E-state index contributed by atoms with van der Waals surface area (Å²) in [5.41, 5.74) is 1.53. The van der Waals surface area contributed by atoms with E-state index in [2.05, 4.69) is 39.6 Å². The van der Waals surface area contributed by atoms with Gasteiger partial charge >= 0.3 is 0 Å². The standard InChI is InChI=1S/C19H26FN3OS/c1-4-21-19(23(2)10-9-17-6-5-11-25-17)22-13-15-7-8-18(20)16(12-15)14-24-3/h5-8,11-12H,4,9-10,13-14H2,1-3H3,(H,21,22). The smallest absolute Gasteiger partial charge is 0.193 e. The van der Waals surface area contributed by atoms with E-state index in [4.69, 9.17) is 4.74 Å². The number of hydrogen-bond acceptors (Lipinski definition) is 3. The Balaban J connectivity index is 2.01. The minimum Gasteiger partial charge on any atom is -0.380 e. The quantitative estimate of drug-likeness (QED) is 0.574. The Morgan fingerprint density at radius 3 is 2.88 bits per heavy atom. The third-order valence-electron chi connectivity index (χ3n) is 3.79. The monoisotopic (exact) mass is 363 g/mol. The van der Waals surface area contributed by atoms with Gasteiger partial charge in [0, 0.05) is 37.7 Å². The highest BCUT2D eigenvalue weighted by Gasteiger charge is 2.07. The maximum Gasteiger partial charge on any atom is 0.193 e. The van der Waals surface area contributed by atoms with Crippen LogP contribution in [0, 0.1) is 5.82 Å². The second kappa shape index (κ2) is 10.2. The lowest BCUT2D eigenvalue weighted by atomic mass is 10.1. The molecule has 0 saturated carbocycles. The summed E-state index contributed by atoms with van der Waals surface area (Å²) in [6, 6.07) is 9.29. The molecule has 0 radical (unpaired) electrons. The number of guanidine groups is 1. The van der Waals surface area contributed by atoms with Crippen LogP contribution < -0.4 is 5.32 Å². The molecule has 0 fully saturated rings. The molecule has 1 aromatic heterocycles. The lowest BCUT2D eigenvalue weighted by molar-refractivity contribution is 0.181. The predicted molar refractivity (Wildman–Crippen MR) is 103 cm³/mol. The van der Waals surface area contributed by atoms with E-state index >= 15 is 0 Å². The molecule has 0 spiro atoms. The van der Waals surface area contributed by atoms with Crippen LogP contribution in [0.3, 0.4) is 0 Å². The molecular formula is C19H26FN3OS. The molecule has 0 unspecified atom stereocenters. The first-order valence-corrected chi connectivity index (χ1v) is 9.30. The van der Waals surface area contributed by atoms with Gasteiger partial charge in [-0.3, -0.25) is 0 Å². The third-order valence-corrected chi connectivity index (χ3v) is 4.73. The number of nitrogens with zero attached hydrogens (tertiary/aromatic N) is 2. The van der Waals surface area contributed by atoms with Crippen molar-refractivity contribution in [2.75, 3.05) is 27.2 Å². The lowest BCUT2D eigenvalue weighted by Gasteiger charge is -2.21. The second-order valence-electron chi connectivity index (χ2n) is 5.78. The van der Waals surface area contributed by atoms with Gasteiger partial charge in [0.15, 0.2) is 5.96 Å². The number of ether oxygens (including phenoxy) is 1. The van der Waals surface area contributed by atoms with E-state index in [0.29, 0.717) is 12.1 Å². The van der Waals surface area contributed by atoms with E-state index in [9.17, 15) is 4.39 Å². The van der Waals surface area contributed by atoms with Gasteiger partial charge in [-0.05, 0) is 42.5 Å². The number of benzene rings is 1. The van der Waals surface area contributed by atoms with Crippen molar-refractivity contribution in [1.82, 2.24) is 10.2 Å². The molecule has 0 amide bonds. The average molecular weight is 364 g/mol. The first-order chi connectivity index (χ1) is 12.1. The summed E-state index contributed by atoms with van der Waals surface area (Å²) in [6.45, 7) is 4.52. The number of methoxy groups -OCH3 is 1. The van der Waals surface area contributed by atoms with Gasteiger partial charge < -0.3 is 15.0 Å². The zero-order valence-electron chi connectivity index (χ0n) is 15.1. The van der Waals surface area contributed by atoms with Crippen molar-refractivity contribution in [3.63, 3.8) is 0 Å². The fourth-order valence-electron chi connectivity index (χ4n) is 2.47. The Hall–Kier alpha value is -1.92. The summed E-state index contributed by atoms with van der Waals surface area (Å²) in [6.07, 6.45) is 0.993. The van der Waals surface area contributed by atoms with E-state index in [0.717, 1.165) is 31.0 Å². The molecule has 4 nitrogen and oxygen atoms in total. The highest BCUT2D eigenvalue weighted by molar-refractivity contribution is 7.09. The molecule has 25 heavy (non-hydrogen) atoms. The van der Waals surface area contributed by atoms with Crippen LogP contribution >= 0.6 is 11.3 Å². The first-order valence-electron chi connectivity index (χ1n) is 8.42. The molecule has 0 aliphatic heterocycles. The molecule has 136 valence electrons. The molecule has 2 rings (SSSR count). The van der Waals surface area contributed by atoms with Gasteiger partial charge in [-0.2, -0.15) is 0 Å². The Morgan fingerprint density at radius 2 is 2.20 bits per heavy atom. The van der Waals surface area contributed by atoms with Crippen LogP contribution in [0.1, 0.15) is 22.9 Å². The van der Waals surface area contributed by atoms with Crippen molar-refractivity contribution < 1.29 is 9.13 Å². The number of thiophene rings is 1. The van der Waals surface area contributed by atoms with E-state index < -0.39 is 0 Å². The van der Waals surface area contributed by atoms with Gasteiger partial charge in [0.25, 0.3) is 0 Å². The van der Waals surface area contributed by atoms with Crippen molar-refractivity contribution in [2.24, 2.45) is 4.99 Å². The van der Waals surface area contributed by atoms with Crippen molar-refractivity contribution in [1.29, 1.82) is 0 Å². The maximum absolute atomic E-state index is 13.7. The van der Waals surface area contributed by atoms with Gasteiger partial charge in [-0.1, -0.05) is 12.1 Å². The zero-order valence-corrected chi connectivity index (χ0v) is 15.9. The highest BCUT2D eigenvalue weighted by Crippen LogP contribution is 2.13. The van der Waals surface area contributed by atoms with Crippen LogP contribution in [0.25, 0.3) is 0 Å². The van der Waals surface area contributed by atoms with Gasteiger partial charge in [0.2, 0.25) is 0 Å². The van der Waals surface area contributed by atoms with Crippen molar-refractivity contribution in [3.8, 4) is 0 Å². The average Bonchev–Trinajstić information content (AvgIpc) is 3.13. The second-order valence-corrected chi connectivity index (χ2v) is 6.81. The summed E-state index contributed by atoms with van der Waals surface area (Å²) in [4.78, 5) is 8.18. The maximum atomic E-state index is 13.7. The molecule has 2 aromatic rings. The molecule has 1 heterocycles. The molecular weight excluding hydrogens is 337 g/mol. The Labute approximate surface area is 153 Å². The fraction of sp³-hybridized carbons (Fsp3) is 0.421. The van der Waals surface area contributed by atoms with Crippen molar-refractivity contribution in [3.05, 3.63) is 57.5 Å². The number of rotatable bonds is 8. The number of hydrogen-bond donors (Lipinski definition) is 1. The molecule has 0 saturated heterocycles. The third kappa shape index (κ3) is 6.14. The number of likely N-dealkylation sites (N-methyl/N-ethyl adjacent to an activating group) is 1. The van der Waals surface area contributed by atoms with Crippen molar-refractivity contribution in [2.45, 2.75) is 26.5 Å². The number of aliphatic imine (C=N–C) groups is 1. The van der Waals surface area contributed by atoms with Crippen LogP contribution in [-0.4, -0.2) is 38.1 Å². The normalized spacial score (nSPS) is 11.6. The SMILES string of the molecule is CCNC(=NCc1ccc(F)c(COC)c1)N(C)CCc1cccs1. The van der Waals surface area contributed by atoms with E-state index in [1.165, 1.54) is 10.9 Å². The van der Waals surface area contributed by atoms with Gasteiger partial charge in [0.1, 0.15) is 5.82 Å². The van der Waals surface area contributed by atoms with E-state index in [1.54, 1.807) is 24.5 Å². The zero-order chi connectivity index (χ0) is 18.1. The van der Waals surface area contributed by atoms with Crippen LogP contribution in [-0.2, 0) is 24.3 Å². The Morgan fingerprint density at radius 1 is 1.36 bits per heavy atom. The van der Waals surface area contributed by atoms with E-state index in [-0.39, 0.29) is 12.4 Å². The van der Waals surface area contributed by atoms with Gasteiger partial charge in [0.05, 0.1) is 13.2 Å². The lowest BCUT2D eigenvalue weighted by Crippen LogP contribution is -2.39.